The minimum atomic E-state index is 0.285. The van der Waals surface area contributed by atoms with Crippen molar-refractivity contribution in [2.24, 2.45) is 0 Å². The SMILES string of the molecule is OCCCCCc1ccc2c(n1)NCCO2. The second-order valence-corrected chi connectivity index (χ2v) is 3.96. The van der Waals surface area contributed by atoms with Crippen LogP contribution >= 0.6 is 0 Å². The van der Waals surface area contributed by atoms with E-state index in [1.54, 1.807) is 0 Å². The summed E-state index contributed by atoms with van der Waals surface area (Å²) in [5, 5.41) is 11.9. The molecule has 0 fully saturated rings. The van der Waals surface area contributed by atoms with E-state index in [0.29, 0.717) is 6.61 Å². The molecule has 0 atom stereocenters. The molecule has 2 N–H and O–H groups in total. The lowest BCUT2D eigenvalue weighted by Gasteiger charge is -2.18. The maximum atomic E-state index is 8.68. The number of rotatable bonds is 5. The third kappa shape index (κ3) is 2.85. The van der Waals surface area contributed by atoms with E-state index in [1.165, 1.54) is 0 Å². The average Bonchev–Trinajstić information content (AvgIpc) is 2.34. The van der Waals surface area contributed by atoms with Crippen LogP contribution in [0.3, 0.4) is 0 Å². The molecule has 2 rings (SSSR count). The summed E-state index contributed by atoms with van der Waals surface area (Å²) in [4.78, 5) is 4.51. The van der Waals surface area contributed by atoms with Crippen LogP contribution in [0.2, 0.25) is 0 Å². The van der Waals surface area contributed by atoms with Gasteiger partial charge < -0.3 is 15.2 Å². The zero-order chi connectivity index (χ0) is 11.2. The highest BCUT2D eigenvalue weighted by atomic mass is 16.5. The largest absolute Gasteiger partial charge is 0.488 e. The van der Waals surface area contributed by atoms with Gasteiger partial charge in [0.15, 0.2) is 11.6 Å². The zero-order valence-electron chi connectivity index (χ0n) is 9.41. The molecule has 4 heteroatoms. The summed E-state index contributed by atoms with van der Waals surface area (Å²) >= 11 is 0. The summed E-state index contributed by atoms with van der Waals surface area (Å²) < 4.78 is 5.46. The van der Waals surface area contributed by atoms with Crippen molar-refractivity contribution in [3.05, 3.63) is 17.8 Å². The van der Waals surface area contributed by atoms with Gasteiger partial charge in [-0.3, -0.25) is 0 Å². The van der Waals surface area contributed by atoms with Crippen LogP contribution < -0.4 is 10.1 Å². The van der Waals surface area contributed by atoms with Crippen molar-refractivity contribution in [3.8, 4) is 5.75 Å². The molecule has 4 nitrogen and oxygen atoms in total. The number of ether oxygens (including phenoxy) is 1. The minimum absolute atomic E-state index is 0.285. The number of nitrogens with one attached hydrogen (secondary N) is 1. The number of nitrogens with zero attached hydrogens (tertiary/aromatic N) is 1. The second-order valence-electron chi connectivity index (χ2n) is 3.96. The van der Waals surface area contributed by atoms with E-state index in [0.717, 1.165) is 49.5 Å². The van der Waals surface area contributed by atoms with E-state index in [4.69, 9.17) is 9.84 Å². The molecule has 0 bridgehead atoms. The smallest absolute Gasteiger partial charge is 0.169 e. The first-order valence-corrected chi connectivity index (χ1v) is 5.87. The molecule has 0 aliphatic carbocycles. The Morgan fingerprint density at radius 3 is 3.12 bits per heavy atom. The number of pyridine rings is 1. The Kier molecular flexibility index (Phi) is 3.99. The molecule has 0 saturated heterocycles. The number of aromatic nitrogens is 1. The van der Waals surface area contributed by atoms with Crippen LogP contribution in [0.4, 0.5) is 5.82 Å². The number of aliphatic hydroxyl groups is 1. The number of unbranched alkanes of at least 4 members (excludes halogenated alkanes) is 2. The Morgan fingerprint density at radius 1 is 1.31 bits per heavy atom. The molecular formula is C12H18N2O2. The molecule has 0 unspecified atom stereocenters. The molecule has 0 radical (unpaired) electrons. The molecule has 16 heavy (non-hydrogen) atoms. The molecular weight excluding hydrogens is 204 g/mol. The number of aryl methyl sites for hydroxylation is 1. The lowest BCUT2D eigenvalue weighted by Crippen LogP contribution is -2.19. The van der Waals surface area contributed by atoms with Crippen molar-refractivity contribution >= 4 is 5.82 Å². The maximum Gasteiger partial charge on any atom is 0.169 e. The van der Waals surface area contributed by atoms with Gasteiger partial charge in [0.1, 0.15) is 6.61 Å². The lowest BCUT2D eigenvalue weighted by atomic mass is 10.1. The first kappa shape index (κ1) is 11.2. The molecule has 0 amide bonds. The Bertz CT molecular complexity index is 342. The Morgan fingerprint density at radius 2 is 2.25 bits per heavy atom. The molecule has 0 saturated carbocycles. The monoisotopic (exact) mass is 222 g/mol. The first-order chi connectivity index (χ1) is 7.90. The standard InChI is InChI=1S/C12H18N2O2/c15-8-3-1-2-4-10-5-6-11-12(14-10)13-7-9-16-11/h5-6,15H,1-4,7-9H2,(H,13,14). The van der Waals surface area contributed by atoms with Gasteiger partial charge in [0.05, 0.1) is 6.54 Å². The van der Waals surface area contributed by atoms with Crippen LogP contribution in [0.1, 0.15) is 25.0 Å². The normalized spacial score (nSPS) is 13.8. The van der Waals surface area contributed by atoms with Gasteiger partial charge in [0.2, 0.25) is 0 Å². The Balaban J connectivity index is 1.90. The Hall–Kier alpha value is -1.29. The van der Waals surface area contributed by atoms with Gasteiger partial charge in [-0.1, -0.05) is 6.42 Å². The van der Waals surface area contributed by atoms with Crippen LogP contribution in [-0.2, 0) is 6.42 Å². The van der Waals surface area contributed by atoms with E-state index in [2.05, 4.69) is 10.3 Å². The molecule has 2 heterocycles. The van der Waals surface area contributed by atoms with Crippen molar-refractivity contribution in [3.63, 3.8) is 0 Å². The summed E-state index contributed by atoms with van der Waals surface area (Å²) in [5.41, 5.74) is 1.09. The number of aliphatic hydroxyl groups excluding tert-OH is 1. The maximum absolute atomic E-state index is 8.68. The zero-order valence-corrected chi connectivity index (χ0v) is 9.41. The summed E-state index contributed by atoms with van der Waals surface area (Å²) in [6, 6.07) is 4.00. The van der Waals surface area contributed by atoms with E-state index in [1.807, 2.05) is 12.1 Å². The van der Waals surface area contributed by atoms with Crippen LogP contribution in [0.5, 0.6) is 5.75 Å². The fourth-order valence-electron chi connectivity index (χ4n) is 1.79. The van der Waals surface area contributed by atoms with Crippen LogP contribution in [0, 0.1) is 0 Å². The summed E-state index contributed by atoms with van der Waals surface area (Å²) in [6.07, 6.45) is 3.98. The molecule has 1 aliphatic heterocycles. The fourth-order valence-corrected chi connectivity index (χ4v) is 1.79. The van der Waals surface area contributed by atoms with Crippen LogP contribution in [0.15, 0.2) is 12.1 Å². The predicted octanol–water partition coefficient (Wildman–Crippen LogP) is 1.59. The van der Waals surface area contributed by atoms with Crippen molar-refractivity contribution in [2.45, 2.75) is 25.7 Å². The van der Waals surface area contributed by atoms with Gasteiger partial charge in [0.25, 0.3) is 0 Å². The second kappa shape index (κ2) is 5.70. The van der Waals surface area contributed by atoms with Crippen molar-refractivity contribution < 1.29 is 9.84 Å². The van der Waals surface area contributed by atoms with E-state index in [-0.39, 0.29) is 6.61 Å². The van der Waals surface area contributed by atoms with Gasteiger partial charge in [-0.25, -0.2) is 4.98 Å². The van der Waals surface area contributed by atoms with Gasteiger partial charge in [0, 0.05) is 12.3 Å². The molecule has 0 aromatic carbocycles. The third-order valence-electron chi connectivity index (χ3n) is 2.66. The first-order valence-electron chi connectivity index (χ1n) is 5.87. The average molecular weight is 222 g/mol. The van der Waals surface area contributed by atoms with Gasteiger partial charge in [-0.2, -0.15) is 0 Å². The highest BCUT2D eigenvalue weighted by Crippen LogP contribution is 2.25. The highest BCUT2D eigenvalue weighted by Gasteiger charge is 2.10. The number of hydrogen-bond donors (Lipinski definition) is 2. The summed E-state index contributed by atoms with van der Waals surface area (Å²) in [5.74, 6) is 1.72. The number of fused-ring (bicyclic) bond motifs is 1. The van der Waals surface area contributed by atoms with Gasteiger partial charge in [-0.05, 0) is 31.4 Å². The predicted molar refractivity (Wildman–Crippen MR) is 62.9 cm³/mol. The van der Waals surface area contributed by atoms with E-state index >= 15 is 0 Å². The van der Waals surface area contributed by atoms with Crippen molar-refractivity contribution in [1.29, 1.82) is 0 Å². The van der Waals surface area contributed by atoms with Crippen LogP contribution in [-0.4, -0.2) is 29.8 Å². The van der Waals surface area contributed by atoms with Crippen molar-refractivity contribution in [1.82, 2.24) is 4.98 Å². The molecule has 1 aromatic rings. The van der Waals surface area contributed by atoms with Gasteiger partial charge in [-0.15, -0.1) is 0 Å². The molecule has 0 spiro atoms. The third-order valence-corrected chi connectivity index (χ3v) is 2.66. The van der Waals surface area contributed by atoms with Gasteiger partial charge >= 0.3 is 0 Å². The summed E-state index contributed by atoms with van der Waals surface area (Å²) in [6.45, 7) is 1.82. The van der Waals surface area contributed by atoms with Crippen LogP contribution in [0.25, 0.3) is 0 Å². The van der Waals surface area contributed by atoms with Crippen molar-refractivity contribution in [2.75, 3.05) is 25.1 Å². The quantitative estimate of drug-likeness (QED) is 0.743. The molecule has 88 valence electrons. The topological polar surface area (TPSA) is 54.4 Å². The lowest BCUT2D eigenvalue weighted by molar-refractivity contribution is 0.283. The number of hydrogen-bond acceptors (Lipinski definition) is 4. The minimum Gasteiger partial charge on any atom is -0.488 e. The number of anilines is 1. The summed E-state index contributed by atoms with van der Waals surface area (Å²) in [7, 11) is 0. The molecule has 1 aromatic heterocycles. The molecule has 1 aliphatic rings. The fraction of sp³-hybridized carbons (Fsp3) is 0.583. The van der Waals surface area contributed by atoms with E-state index in [9.17, 15) is 0 Å². The highest BCUT2D eigenvalue weighted by molar-refractivity contribution is 5.52. The van der Waals surface area contributed by atoms with E-state index < -0.39 is 0 Å². The Labute approximate surface area is 95.7 Å².